The highest BCUT2D eigenvalue weighted by Gasteiger charge is 2.51. The van der Waals surface area contributed by atoms with Crippen molar-refractivity contribution < 1.29 is 4.74 Å². The molecule has 7 aromatic carbocycles. The standard InChI is InChI=1S/C52H37N3OS/c1-3-16-32(17-4-1)49-53-50(33-18-5-2-6-19-33)55-51(54-49)38-31-30-35(48-47(38)37-21-8-14-29-45(37)57-48)34-22-15-26-42-46(34)36-20-7-9-23-39(36)52(42)40-24-10-12-27-43(40)56-44-28-13-11-25-41(44)52/h1,3-5,7-31,50-51,55H,2,6H2,(H,53,54). The number of nitrogens with zero attached hydrogens (tertiary/aromatic N) is 1. The Kier molecular flexibility index (Phi) is 7.31. The summed E-state index contributed by atoms with van der Waals surface area (Å²) in [6.07, 6.45) is 8.60. The second kappa shape index (κ2) is 12.8. The molecule has 2 aliphatic heterocycles. The van der Waals surface area contributed by atoms with Crippen LogP contribution in [-0.4, -0.2) is 12.0 Å². The summed E-state index contributed by atoms with van der Waals surface area (Å²) < 4.78 is 9.19. The summed E-state index contributed by atoms with van der Waals surface area (Å²) in [6.45, 7) is 0. The summed E-state index contributed by atoms with van der Waals surface area (Å²) in [6, 6.07) is 57.3. The molecule has 4 aliphatic rings. The van der Waals surface area contributed by atoms with E-state index < -0.39 is 5.41 Å². The Hall–Kier alpha value is -6.53. The lowest BCUT2D eigenvalue weighted by Gasteiger charge is -2.39. The van der Waals surface area contributed by atoms with Crippen LogP contribution in [0.5, 0.6) is 11.5 Å². The molecule has 8 aromatic rings. The van der Waals surface area contributed by atoms with E-state index in [1.165, 1.54) is 75.8 Å². The molecule has 12 rings (SSSR count). The van der Waals surface area contributed by atoms with E-state index in [0.29, 0.717) is 0 Å². The van der Waals surface area contributed by atoms with Gasteiger partial charge < -0.3 is 10.1 Å². The zero-order valence-corrected chi connectivity index (χ0v) is 31.9. The van der Waals surface area contributed by atoms with Crippen molar-refractivity contribution in [2.24, 2.45) is 4.99 Å². The number of hydrogen-bond acceptors (Lipinski definition) is 5. The number of benzene rings is 7. The molecule has 57 heavy (non-hydrogen) atoms. The molecule has 4 nitrogen and oxygen atoms in total. The molecule has 272 valence electrons. The van der Waals surface area contributed by atoms with E-state index >= 15 is 0 Å². The fourth-order valence-corrected chi connectivity index (χ4v) is 11.2. The van der Waals surface area contributed by atoms with Crippen molar-refractivity contribution in [3.8, 4) is 33.8 Å². The van der Waals surface area contributed by atoms with Gasteiger partial charge in [-0.2, -0.15) is 0 Å². The smallest absolute Gasteiger partial charge is 0.132 e. The van der Waals surface area contributed by atoms with E-state index in [-0.39, 0.29) is 12.3 Å². The molecule has 0 fully saturated rings. The predicted octanol–water partition coefficient (Wildman–Crippen LogP) is 12.4. The number of ether oxygens (including phenoxy) is 1. The van der Waals surface area contributed by atoms with Crippen molar-refractivity contribution in [2.45, 2.75) is 30.6 Å². The monoisotopic (exact) mass is 751 g/mol. The van der Waals surface area contributed by atoms with Crippen LogP contribution < -0.4 is 15.4 Å². The summed E-state index contributed by atoms with van der Waals surface area (Å²) in [7, 11) is 0. The Morgan fingerprint density at radius 1 is 0.614 bits per heavy atom. The summed E-state index contributed by atoms with van der Waals surface area (Å²) in [5, 5.41) is 10.3. The van der Waals surface area contributed by atoms with Gasteiger partial charge in [0, 0.05) is 42.4 Å². The van der Waals surface area contributed by atoms with Crippen LogP contribution in [0.3, 0.4) is 0 Å². The van der Waals surface area contributed by atoms with Gasteiger partial charge in [0.15, 0.2) is 0 Å². The van der Waals surface area contributed by atoms with E-state index in [4.69, 9.17) is 9.73 Å². The topological polar surface area (TPSA) is 45.7 Å². The van der Waals surface area contributed by atoms with E-state index in [2.05, 4.69) is 187 Å². The Balaban J connectivity index is 1.09. The molecule has 0 amide bonds. The third-order valence-corrected chi connectivity index (χ3v) is 13.5. The number of aliphatic imine (C=N–C) groups is 1. The van der Waals surface area contributed by atoms with Crippen LogP contribution in [0.4, 0.5) is 0 Å². The van der Waals surface area contributed by atoms with E-state index in [1.807, 2.05) is 11.3 Å². The van der Waals surface area contributed by atoms with Gasteiger partial charge in [-0.25, -0.2) is 4.99 Å². The average Bonchev–Trinajstić information content (AvgIpc) is 3.82. The first-order valence-electron chi connectivity index (χ1n) is 19.8. The lowest BCUT2D eigenvalue weighted by Crippen LogP contribution is -2.49. The predicted molar refractivity (Wildman–Crippen MR) is 234 cm³/mol. The largest absolute Gasteiger partial charge is 0.457 e. The third kappa shape index (κ3) is 4.80. The van der Waals surface area contributed by atoms with E-state index in [9.17, 15) is 0 Å². The summed E-state index contributed by atoms with van der Waals surface area (Å²) >= 11 is 1.89. The van der Waals surface area contributed by atoms with Crippen molar-refractivity contribution in [3.05, 3.63) is 215 Å². The summed E-state index contributed by atoms with van der Waals surface area (Å²) in [5.41, 5.74) is 13.0. The normalized spacial score (nSPS) is 18.5. The first kappa shape index (κ1) is 32.7. The number of fused-ring (bicyclic) bond motifs is 12. The van der Waals surface area contributed by atoms with Crippen molar-refractivity contribution in [1.82, 2.24) is 10.6 Å². The number of thiophene rings is 1. The molecule has 0 bridgehead atoms. The fraction of sp³-hybridized carbons (Fsp3) is 0.0962. The average molecular weight is 752 g/mol. The van der Waals surface area contributed by atoms with Gasteiger partial charge in [0.05, 0.1) is 5.41 Å². The summed E-state index contributed by atoms with van der Waals surface area (Å²) in [4.78, 5) is 5.25. The van der Waals surface area contributed by atoms with Crippen molar-refractivity contribution in [3.63, 3.8) is 0 Å². The summed E-state index contributed by atoms with van der Waals surface area (Å²) in [5.74, 6) is 2.72. The Bertz CT molecular complexity index is 2980. The second-order valence-corrected chi connectivity index (χ2v) is 16.3. The molecule has 1 aromatic heterocycles. The zero-order valence-electron chi connectivity index (χ0n) is 31.1. The van der Waals surface area contributed by atoms with Crippen LogP contribution in [-0.2, 0) is 5.41 Å². The van der Waals surface area contributed by atoms with E-state index in [0.717, 1.165) is 35.7 Å². The number of allylic oxidation sites excluding steroid dienone is 2. The SMILES string of the molecule is C1=CC(C2N=C(c3ccccc3)NC(c3ccc(-c4cccc5c4-c4ccccc4C54c5ccccc5Oc5ccccc54)c4sc5ccccc5c34)N2)=CCC1. The van der Waals surface area contributed by atoms with Crippen LogP contribution in [0.1, 0.15) is 52.4 Å². The van der Waals surface area contributed by atoms with Gasteiger partial charge in [0.25, 0.3) is 0 Å². The molecular formula is C52H37N3OS. The van der Waals surface area contributed by atoms with Crippen molar-refractivity contribution >= 4 is 37.3 Å². The van der Waals surface area contributed by atoms with Gasteiger partial charge in [-0.05, 0) is 70.0 Å². The van der Waals surface area contributed by atoms with Crippen molar-refractivity contribution in [2.75, 3.05) is 0 Å². The molecule has 3 heterocycles. The van der Waals surface area contributed by atoms with Gasteiger partial charge in [-0.3, -0.25) is 5.32 Å². The van der Waals surface area contributed by atoms with Crippen LogP contribution in [0.2, 0.25) is 0 Å². The molecule has 2 N–H and O–H groups in total. The van der Waals surface area contributed by atoms with Gasteiger partial charge in [0.1, 0.15) is 29.7 Å². The molecule has 1 spiro atoms. The van der Waals surface area contributed by atoms with Crippen LogP contribution in [0.15, 0.2) is 187 Å². The highest BCUT2D eigenvalue weighted by atomic mass is 32.1. The Labute approximate surface area is 335 Å². The number of hydrogen-bond donors (Lipinski definition) is 2. The molecule has 2 aliphatic carbocycles. The third-order valence-electron chi connectivity index (χ3n) is 12.3. The number of para-hydroxylation sites is 2. The fourth-order valence-electron chi connectivity index (χ4n) is 9.90. The number of amidine groups is 1. The minimum atomic E-state index is -0.521. The van der Waals surface area contributed by atoms with Crippen LogP contribution in [0.25, 0.3) is 42.4 Å². The van der Waals surface area contributed by atoms with Gasteiger partial charge in [-0.15, -0.1) is 11.3 Å². The molecule has 2 atom stereocenters. The van der Waals surface area contributed by atoms with Gasteiger partial charge in [-0.1, -0.05) is 158 Å². The quantitative estimate of drug-likeness (QED) is 0.188. The van der Waals surface area contributed by atoms with Crippen LogP contribution in [0, 0.1) is 0 Å². The molecule has 2 unspecified atom stereocenters. The lowest BCUT2D eigenvalue weighted by molar-refractivity contribution is 0.436. The molecule has 0 saturated heterocycles. The Morgan fingerprint density at radius 3 is 2.12 bits per heavy atom. The maximum atomic E-state index is 6.63. The molecular weight excluding hydrogens is 715 g/mol. The highest BCUT2D eigenvalue weighted by molar-refractivity contribution is 7.26. The zero-order chi connectivity index (χ0) is 37.5. The number of rotatable bonds is 4. The maximum Gasteiger partial charge on any atom is 0.132 e. The minimum absolute atomic E-state index is 0.169. The van der Waals surface area contributed by atoms with Crippen LogP contribution >= 0.6 is 11.3 Å². The molecule has 0 saturated carbocycles. The highest BCUT2D eigenvalue weighted by Crippen LogP contribution is 2.63. The number of nitrogens with one attached hydrogen (secondary N) is 2. The Morgan fingerprint density at radius 2 is 1.32 bits per heavy atom. The van der Waals surface area contributed by atoms with Crippen molar-refractivity contribution in [1.29, 1.82) is 0 Å². The molecule has 5 heteroatoms. The first-order valence-corrected chi connectivity index (χ1v) is 20.7. The minimum Gasteiger partial charge on any atom is -0.457 e. The lowest BCUT2D eigenvalue weighted by atomic mass is 9.66. The van der Waals surface area contributed by atoms with Gasteiger partial charge >= 0.3 is 0 Å². The van der Waals surface area contributed by atoms with Gasteiger partial charge in [0.2, 0.25) is 0 Å². The van der Waals surface area contributed by atoms with E-state index in [1.54, 1.807) is 0 Å². The maximum absolute atomic E-state index is 6.63. The second-order valence-electron chi connectivity index (χ2n) is 15.3. The first-order chi connectivity index (χ1) is 28.3. The molecule has 0 radical (unpaired) electrons.